The maximum Gasteiger partial charge on any atom is 0.320 e. The summed E-state index contributed by atoms with van der Waals surface area (Å²) < 4.78 is 11.5. The third-order valence-electron chi connectivity index (χ3n) is 15.0. The summed E-state index contributed by atoms with van der Waals surface area (Å²) in [5.74, 6) is 0.435. The summed E-state index contributed by atoms with van der Waals surface area (Å²) in [7, 11) is 1.50. The number of ether oxygens (including phenoxy) is 2. The molecular formula is C39H64N2O5. The molecule has 0 amide bonds. The first-order chi connectivity index (χ1) is 21.5. The second kappa shape index (κ2) is 12.6. The van der Waals surface area contributed by atoms with E-state index < -0.39 is 5.41 Å². The lowest BCUT2D eigenvalue weighted by atomic mass is 9.33. The molecule has 7 nitrogen and oxygen atoms in total. The lowest BCUT2D eigenvalue weighted by molar-refractivity contribution is -0.210. The van der Waals surface area contributed by atoms with E-state index >= 15 is 0 Å². The summed E-state index contributed by atoms with van der Waals surface area (Å²) in [6, 6.07) is 0. The van der Waals surface area contributed by atoms with Crippen molar-refractivity contribution >= 4 is 17.7 Å². The number of rotatable bonds is 10. The molecule has 0 aromatic heterocycles. The number of nitrogens with two attached hydrogens (primary N) is 1. The van der Waals surface area contributed by atoms with E-state index in [1.807, 2.05) is 0 Å². The number of ketones is 1. The van der Waals surface area contributed by atoms with Gasteiger partial charge in [0.2, 0.25) is 0 Å². The molecule has 3 N–H and O–H groups in total. The first-order valence-electron chi connectivity index (χ1n) is 18.5. The van der Waals surface area contributed by atoms with Crippen LogP contribution in [0.15, 0.2) is 11.6 Å². The van der Waals surface area contributed by atoms with Crippen LogP contribution in [0, 0.1) is 50.2 Å². The van der Waals surface area contributed by atoms with Crippen molar-refractivity contribution in [2.45, 2.75) is 138 Å². The van der Waals surface area contributed by atoms with Crippen LogP contribution >= 0.6 is 0 Å². The van der Waals surface area contributed by atoms with Crippen LogP contribution in [0.5, 0.6) is 0 Å². The molecule has 4 saturated carbocycles. The van der Waals surface area contributed by atoms with Crippen LogP contribution in [0.25, 0.3) is 0 Å². The lowest BCUT2D eigenvalue weighted by Crippen LogP contribution is -2.66. The largest absolute Gasteiger partial charge is 0.469 e. The van der Waals surface area contributed by atoms with Gasteiger partial charge in [-0.2, -0.15) is 0 Å². The van der Waals surface area contributed by atoms with E-state index in [9.17, 15) is 14.4 Å². The van der Waals surface area contributed by atoms with Crippen molar-refractivity contribution in [3.8, 4) is 0 Å². The molecule has 5 aliphatic rings. The Labute approximate surface area is 278 Å². The molecular weight excluding hydrogens is 576 g/mol. The molecule has 0 unspecified atom stereocenters. The SMILES string of the molecule is COC(=O)[C@@]1(C)CC[C@]2(C)CC[C@]3(C)C(=CC(=O)[C@@H]4[C@@]5(C)CC[C@H](OC(=O)CNCCCCCCN)C(C)(C)[C@@H]5CC[C@]43C)[C@@H]2C1. The van der Waals surface area contributed by atoms with Gasteiger partial charge in [0.05, 0.1) is 19.1 Å². The van der Waals surface area contributed by atoms with E-state index in [1.165, 1.54) is 12.7 Å². The molecule has 7 heteroatoms. The van der Waals surface area contributed by atoms with Gasteiger partial charge in [0.25, 0.3) is 0 Å². The van der Waals surface area contributed by atoms with Crippen LogP contribution in [-0.2, 0) is 23.9 Å². The molecule has 0 aromatic carbocycles. The van der Waals surface area contributed by atoms with E-state index in [2.05, 4.69) is 59.9 Å². The molecule has 0 heterocycles. The molecule has 0 saturated heterocycles. The first kappa shape index (κ1) is 35.6. The average Bonchev–Trinajstić information content (AvgIpc) is 2.99. The van der Waals surface area contributed by atoms with Crippen molar-refractivity contribution in [2.75, 3.05) is 26.7 Å². The maximum atomic E-state index is 14.7. The van der Waals surface area contributed by atoms with Crippen molar-refractivity contribution < 1.29 is 23.9 Å². The van der Waals surface area contributed by atoms with Gasteiger partial charge in [-0.05, 0) is 130 Å². The van der Waals surface area contributed by atoms with E-state index in [1.54, 1.807) is 0 Å². The van der Waals surface area contributed by atoms with Crippen LogP contribution in [0.2, 0.25) is 0 Å². The number of fused-ring (bicyclic) bond motifs is 7. The van der Waals surface area contributed by atoms with E-state index in [4.69, 9.17) is 15.2 Å². The van der Waals surface area contributed by atoms with Crippen molar-refractivity contribution in [1.29, 1.82) is 0 Å². The molecule has 260 valence electrons. The van der Waals surface area contributed by atoms with E-state index in [0.29, 0.717) is 5.78 Å². The van der Waals surface area contributed by atoms with Gasteiger partial charge in [0, 0.05) is 11.3 Å². The smallest absolute Gasteiger partial charge is 0.320 e. The van der Waals surface area contributed by atoms with Crippen LogP contribution in [0.1, 0.15) is 132 Å². The number of unbranched alkanes of at least 4 members (excludes halogenated alkanes) is 3. The van der Waals surface area contributed by atoms with Crippen LogP contribution in [-0.4, -0.2) is 50.6 Å². The summed E-state index contributed by atoms with van der Waals surface area (Å²) in [6.45, 7) is 18.1. The van der Waals surface area contributed by atoms with Crippen molar-refractivity contribution in [3.05, 3.63) is 11.6 Å². The molecule has 0 radical (unpaired) electrons. The summed E-state index contributed by atoms with van der Waals surface area (Å²) in [6.07, 6.45) is 14.8. The van der Waals surface area contributed by atoms with Crippen molar-refractivity contribution in [3.63, 3.8) is 0 Å². The minimum absolute atomic E-state index is 0.0655. The highest BCUT2D eigenvalue weighted by atomic mass is 16.5. The number of nitrogens with one attached hydrogen (secondary N) is 1. The zero-order valence-electron chi connectivity index (χ0n) is 30.3. The molecule has 46 heavy (non-hydrogen) atoms. The average molecular weight is 641 g/mol. The molecule has 0 aliphatic heterocycles. The lowest BCUT2D eigenvalue weighted by Gasteiger charge is -2.70. The fraction of sp³-hybridized carbons (Fsp3) is 0.872. The predicted octanol–water partition coefficient (Wildman–Crippen LogP) is 7.16. The standard InChI is InChI=1S/C39H64N2O5/c1-34(2)29-13-16-39(7)32(37(29,5)15-14-30(34)46-31(43)25-41-22-12-10-9-11-21-40)28(42)23-26-27-24-36(4,33(44)45-8)18-17-35(27,3)19-20-38(26,39)6/h23,27,29-30,32,41H,9-22,24-25,40H2,1-8H3/t27-,29-,30-,32+,35+,36-,37-,38+,39+/m0/s1. The van der Waals surface area contributed by atoms with E-state index in [-0.39, 0.29) is 69.4 Å². The summed E-state index contributed by atoms with van der Waals surface area (Å²) in [5.41, 5.74) is 5.84. The normalized spacial score (nSPS) is 42.9. The Morgan fingerprint density at radius 1 is 0.913 bits per heavy atom. The Morgan fingerprint density at radius 2 is 1.61 bits per heavy atom. The predicted molar refractivity (Wildman–Crippen MR) is 182 cm³/mol. The van der Waals surface area contributed by atoms with Gasteiger partial charge in [-0.1, -0.05) is 60.0 Å². The molecule has 0 spiro atoms. The quantitative estimate of drug-likeness (QED) is 0.193. The third-order valence-corrected chi connectivity index (χ3v) is 15.0. The molecule has 5 rings (SSSR count). The number of carbonyl (C=O) groups is 3. The highest BCUT2D eigenvalue weighted by Crippen LogP contribution is 2.75. The second-order valence-corrected chi connectivity index (χ2v) is 18.0. The fourth-order valence-corrected chi connectivity index (χ4v) is 11.9. The van der Waals surface area contributed by atoms with Crippen molar-refractivity contribution in [1.82, 2.24) is 5.32 Å². The molecule has 9 atom stereocenters. The molecule has 0 bridgehead atoms. The van der Waals surface area contributed by atoms with Crippen molar-refractivity contribution in [2.24, 2.45) is 56.0 Å². The van der Waals surface area contributed by atoms with Crippen LogP contribution in [0.3, 0.4) is 0 Å². The topological polar surface area (TPSA) is 108 Å². The van der Waals surface area contributed by atoms with Gasteiger partial charge in [-0.25, -0.2) is 0 Å². The molecule has 4 fully saturated rings. The minimum atomic E-state index is -0.512. The number of hydrogen-bond acceptors (Lipinski definition) is 7. The Hall–Kier alpha value is -1.73. The number of allylic oxidation sites excluding steroid dienone is 2. The number of hydrogen-bond donors (Lipinski definition) is 2. The minimum Gasteiger partial charge on any atom is -0.469 e. The zero-order chi connectivity index (χ0) is 33.8. The van der Waals surface area contributed by atoms with Crippen LogP contribution < -0.4 is 11.1 Å². The van der Waals surface area contributed by atoms with Gasteiger partial charge >= 0.3 is 11.9 Å². The summed E-state index contributed by atoms with van der Waals surface area (Å²) in [4.78, 5) is 40.6. The molecule has 0 aromatic rings. The van der Waals surface area contributed by atoms with Gasteiger partial charge in [-0.15, -0.1) is 0 Å². The Bertz CT molecular complexity index is 1230. The Balaban J connectivity index is 1.35. The van der Waals surface area contributed by atoms with Gasteiger partial charge in [0.1, 0.15) is 6.10 Å². The monoisotopic (exact) mass is 640 g/mol. The number of esters is 2. The highest BCUT2D eigenvalue weighted by molar-refractivity contribution is 5.95. The number of methoxy groups -OCH3 is 1. The van der Waals surface area contributed by atoms with Gasteiger partial charge < -0.3 is 20.5 Å². The Kier molecular flexibility index (Phi) is 9.76. The zero-order valence-corrected chi connectivity index (χ0v) is 30.3. The molecule has 5 aliphatic carbocycles. The summed E-state index contributed by atoms with van der Waals surface area (Å²) in [5, 5.41) is 3.28. The third kappa shape index (κ3) is 5.61. The van der Waals surface area contributed by atoms with Gasteiger partial charge in [0.15, 0.2) is 5.78 Å². The van der Waals surface area contributed by atoms with E-state index in [0.717, 1.165) is 96.6 Å². The summed E-state index contributed by atoms with van der Waals surface area (Å²) >= 11 is 0. The van der Waals surface area contributed by atoms with Crippen LogP contribution in [0.4, 0.5) is 0 Å². The maximum absolute atomic E-state index is 14.7. The Morgan fingerprint density at radius 3 is 2.30 bits per heavy atom. The first-order valence-corrected chi connectivity index (χ1v) is 18.5. The fourth-order valence-electron chi connectivity index (χ4n) is 11.9. The number of carbonyl (C=O) groups excluding carboxylic acids is 3. The second-order valence-electron chi connectivity index (χ2n) is 18.0. The van der Waals surface area contributed by atoms with Gasteiger partial charge in [-0.3, -0.25) is 14.4 Å². The highest BCUT2D eigenvalue weighted by Gasteiger charge is 2.70.